The van der Waals surface area contributed by atoms with Gasteiger partial charge in [0.1, 0.15) is 12.3 Å². The number of benzene rings is 1. The van der Waals surface area contributed by atoms with Gasteiger partial charge in [-0.2, -0.15) is 0 Å². The number of allylic oxidation sites excluding steroid dienone is 2. The number of ether oxygens (including phenoxy) is 1. The van der Waals surface area contributed by atoms with Gasteiger partial charge in [0.25, 0.3) is 0 Å². The Balaban J connectivity index is 1.55. The number of carbonyl (C=O) groups is 3. The van der Waals surface area contributed by atoms with E-state index in [4.69, 9.17) is 4.74 Å². The van der Waals surface area contributed by atoms with Crippen LogP contribution < -0.4 is 10.1 Å². The summed E-state index contributed by atoms with van der Waals surface area (Å²) in [5.74, 6) is -0.634. The lowest BCUT2D eigenvalue weighted by atomic mass is 9.85. The molecule has 0 radical (unpaired) electrons. The quantitative estimate of drug-likeness (QED) is 0.652. The minimum Gasteiger partial charge on any atom is -0.497 e. The van der Waals surface area contributed by atoms with E-state index in [1.165, 1.54) is 0 Å². The van der Waals surface area contributed by atoms with E-state index in [1.54, 1.807) is 7.11 Å². The summed E-state index contributed by atoms with van der Waals surface area (Å²) < 4.78 is 5.08. The van der Waals surface area contributed by atoms with Crippen LogP contribution in [0.1, 0.15) is 18.4 Å². The number of rotatable bonds is 5. The van der Waals surface area contributed by atoms with Crippen molar-refractivity contribution < 1.29 is 19.1 Å². The average molecular weight is 328 g/mol. The highest BCUT2D eigenvalue weighted by Gasteiger charge is 2.47. The third kappa shape index (κ3) is 3.18. The van der Waals surface area contributed by atoms with E-state index in [9.17, 15) is 14.4 Å². The van der Waals surface area contributed by atoms with Gasteiger partial charge in [-0.1, -0.05) is 24.3 Å². The first-order valence-electron chi connectivity index (χ1n) is 8.00. The molecule has 1 N–H and O–H groups in total. The molecule has 1 aliphatic carbocycles. The highest BCUT2D eigenvalue weighted by Crippen LogP contribution is 2.34. The number of carbonyl (C=O) groups excluding carboxylic acids is 3. The minimum atomic E-state index is -0.334. The van der Waals surface area contributed by atoms with Gasteiger partial charge in [0.05, 0.1) is 18.9 Å². The zero-order valence-electron chi connectivity index (χ0n) is 13.5. The highest BCUT2D eigenvalue weighted by atomic mass is 16.5. The molecule has 126 valence electrons. The molecule has 6 heteroatoms. The summed E-state index contributed by atoms with van der Waals surface area (Å²) in [6, 6.07) is 7.33. The van der Waals surface area contributed by atoms with Crippen LogP contribution in [0, 0.1) is 11.8 Å². The summed E-state index contributed by atoms with van der Waals surface area (Å²) in [6.07, 6.45) is 5.03. The van der Waals surface area contributed by atoms with Crippen LogP contribution in [0.25, 0.3) is 0 Å². The molecule has 1 aliphatic heterocycles. The van der Waals surface area contributed by atoms with E-state index in [1.807, 2.05) is 36.4 Å². The lowest BCUT2D eigenvalue weighted by molar-refractivity contribution is -0.143. The molecule has 6 nitrogen and oxygen atoms in total. The van der Waals surface area contributed by atoms with Crippen LogP contribution >= 0.6 is 0 Å². The monoisotopic (exact) mass is 328 g/mol. The van der Waals surface area contributed by atoms with Crippen molar-refractivity contribution >= 4 is 17.7 Å². The lowest BCUT2D eigenvalue weighted by Crippen LogP contribution is -2.40. The molecule has 3 rings (SSSR count). The maximum atomic E-state index is 12.3. The Morgan fingerprint density at radius 2 is 1.71 bits per heavy atom. The molecule has 0 aromatic heterocycles. The van der Waals surface area contributed by atoms with Crippen molar-refractivity contribution in [3.8, 4) is 5.75 Å². The number of nitrogens with zero attached hydrogens (tertiary/aromatic N) is 1. The topological polar surface area (TPSA) is 75.7 Å². The largest absolute Gasteiger partial charge is 0.497 e. The number of amides is 3. The minimum absolute atomic E-state index is 0.208. The van der Waals surface area contributed by atoms with E-state index in [0.29, 0.717) is 19.4 Å². The second-order valence-electron chi connectivity index (χ2n) is 6.04. The molecule has 0 spiro atoms. The molecule has 1 saturated heterocycles. The number of nitrogens with one attached hydrogen (secondary N) is 1. The predicted octanol–water partition coefficient (Wildman–Crippen LogP) is 1.26. The molecule has 24 heavy (non-hydrogen) atoms. The first kappa shape index (κ1) is 16.2. The van der Waals surface area contributed by atoms with Crippen molar-refractivity contribution in [3.63, 3.8) is 0 Å². The van der Waals surface area contributed by atoms with Crippen LogP contribution in [-0.4, -0.2) is 36.3 Å². The standard InChI is InChI=1S/C18H20N2O4/c1-24-13-8-6-12(7-9-13)10-19-16(21)11-20-17(22)14-4-2-3-5-15(14)18(20)23/h2-3,6-9,14-15H,4-5,10-11H2,1H3,(H,19,21). The van der Waals surface area contributed by atoms with Gasteiger partial charge < -0.3 is 10.1 Å². The smallest absolute Gasteiger partial charge is 0.240 e. The first-order chi connectivity index (χ1) is 11.6. The third-order valence-electron chi connectivity index (χ3n) is 4.55. The Morgan fingerprint density at radius 1 is 1.12 bits per heavy atom. The number of hydrogen-bond donors (Lipinski definition) is 1. The Kier molecular flexibility index (Phi) is 4.64. The second kappa shape index (κ2) is 6.86. The maximum Gasteiger partial charge on any atom is 0.240 e. The summed E-state index contributed by atoms with van der Waals surface area (Å²) >= 11 is 0. The average Bonchev–Trinajstić information content (AvgIpc) is 2.86. The van der Waals surface area contributed by atoms with Crippen molar-refractivity contribution in [2.24, 2.45) is 11.8 Å². The molecule has 1 heterocycles. The number of imide groups is 1. The van der Waals surface area contributed by atoms with Crippen LogP contribution in [0.4, 0.5) is 0 Å². The fraction of sp³-hybridized carbons (Fsp3) is 0.389. The fourth-order valence-corrected chi connectivity index (χ4v) is 3.17. The molecular weight excluding hydrogens is 308 g/mol. The zero-order valence-corrected chi connectivity index (χ0v) is 13.5. The van der Waals surface area contributed by atoms with E-state index in [-0.39, 0.29) is 36.1 Å². The van der Waals surface area contributed by atoms with Crippen LogP contribution in [0.5, 0.6) is 5.75 Å². The number of fused-ring (bicyclic) bond motifs is 1. The number of likely N-dealkylation sites (tertiary alicyclic amines) is 1. The molecule has 1 aromatic rings. The molecule has 1 aromatic carbocycles. The number of methoxy groups -OCH3 is 1. The van der Waals surface area contributed by atoms with Gasteiger partial charge in [-0.15, -0.1) is 0 Å². The number of hydrogen-bond acceptors (Lipinski definition) is 4. The van der Waals surface area contributed by atoms with Gasteiger partial charge in [-0.3, -0.25) is 19.3 Å². The van der Waals surface area contributed by atoms with Crippen LogP contribution in [-0.2, 0) is 20.9 Å². The Labute approximate surface area is 140 Å². The SMILES string of the molecule is COc1ccc(CNC(=O)CN2C(=O)C3CC=CCC3C2=O)cc1. The van der Waals surface area contributed by atoms with Gasteiger partial charge in [-0.05, 0) is 30.5 Å². The van der Waals surface area contributed by atoms with E-state index < -0.39 is 0 Å². The normalized spacial score (nSPS) is 22.5. The van der Waals surface area contributed by atoms with Gasteiger partial charge >= 0.3 is 0 Å². The predicted molar refractivity (Wildman–Crippen MR) is 86.9 cm³/mol. The molecule has 0 bridgehead atoms. The van der Waals surface area contributed by atoms with Crippen molar-refractivity contribution in [2.45, 2.75) is 19.4 Å². The van der Waals surface area contributed by atoms with E-state index in [0.717, 1.165) is 16.2 Å². The van der Waals surface area contributed by atoms with Crippen molar-refractivity contribution in [2.75, 3.05) is 13.7 Å². The summed E-state index contributed by atoms with van der Waals surface area (Å²) in [5, 5.41) is 2.74. The zero-order chi connectivity index (χ0) is 17.1. The van der Waals surface area contributed by atoms with Crippen LogP contribution in [0.2, 0.25) is 0 Å². The third-order valence-corrected chi connectivity index (χ3v) is 4.55. The molecule has 2 aliphatic rings. The maximum absolute atomic E-state index is 12.3. The fourth-order valence-electron chi connectivity index (χ4n) is 3.17. The molecule has 2 unspecified atom stereocenters. The Morgan fingerprint density at radius 3 is 2.25 bits per heavy atom. The molecule has 3 amide bonds. The van der Waals surface area contributed by atoms with Crippen molar-refractivity contribution in [1.29, 1.82) is 0 Å². The van der Waals surface area contributed by atoms with E-state index >= 15 is 0 Å². The van der Waals surface area contributed by atoms with E-state index in [2.05, 4.69) is 5.32 Å². The molecule has 1 fully saturated rings. The van der Waals surface area contributed by atoms with Crippen molar-refractivity contribution in [1.82, 2.24) is 10.2 Å². The summed E-state index contributed by atoms with van der Waals surface area (Å²) in [7, 11) is 1.59. The van der Waals surface area contributed by atoms with Crippen molar-refractivity contribution in [3.05, 3.63) is 42.0 Å². The van der Waals surface area contributed by atoms with Gasteiger partial charge in [0.15, 0.2) is 0 Å². The molecular formula is C18H20N2O4. The first-order valence-corrected chi connectivity index (χ1v) is 8.00. The summed E-state index contributed by atoms with van der Waals surface area (Å²) in [5.41, 5.74) is 0.918. The second-order valence-corrected chi connectivity index (χ2v) is 6.04. The summed E-state index contributed by atoms with van der Waals surface area (Å²) in [6.45, 7) is 0.133. The molecule has 0 saturated carbocycles. The summed E-state index contributed by atoms with van der Waals surface area (Å²) in [4.78, 5) is 37.8. The van der Waals surface area contributed by atoms with Gasteiger partial charge in [0, 0.05) is 6.54 Å². The lowest BCUT2D eigenvalue weighted by Gasteiger charge is -2.14. The van der Waals surface area contributed by atoms with Gasteiger partial charge in [-0.25, -0.2) is 0 Å². The van der Waals surface area contributed by atoms with Crippen LogP contribution in [0.15, 0.2) is 36.4 Å². The molecule has 2 atom stereocenters. The highest BCUT2D eigenvalue weighted by molar-refractivity contribution is 6.07. The van der Waals surface area contributed by atoms with Crippen LogP contribution in [0.3, 0.4) is 0 Å². The Bertz CT molecular complexity index is 655. The Hall–Kier alpha value is -2.63. The van der Waals surface area contributed by atoms with Gasteiger partial charge in [0.2, 0.25) is 17.7 Å².